The van der Waals surface area contributed by atoms with Crippen molar-refractivity contribution in [1.82, 2.24) is 10.2 Å². The van der Waals surface area contributed by atoms with Crippen LogP contribution in [0.2, 0.25) is 0 Å². The van der Waals surface area contributed by atoms with Gasteiger partial charge in [0.1, 0.15) is 11.8 Å². The number of anilines is 1. The van der Waals surface area contributed by atoms with Crippen molar-refractivity contribution < 1.29 is 18.7 Å². The van der Waals surface area contributed by atoms with Gasteiger partial charge in [-0.25, -0.2) is 0 Å². The van der Waals surface area contributed by atoms with Gasteiger partial charge in [0.05, 0.1) is 13.4 Å². The highest BCUT2D eigenvalue weighted by Gasteiger charge is 2.29. The number of methoxy groups -OCH3 is 1. The molecule has 0 radical (unpaired) electrons. The zero-order valence-electron chi connectivity index (χ0n) is 18.1. The Hall–Kier alpha value is -3.74. The molecular formula is C25H27N3O4. The molecule has 7 heteroatoms. The first-order chi connectivity index (χ1) is 15.6. The second kappa shape index (κ2) is 10.0. The van der Waals surface area contributed by atoms with Crippen LogP contribution in [0.1, 0.15) is 16.1 Å². The van der Waals surface area contributed by atoms with Gasteiger partial charge in [0.25, 0.3) is 5.91 Å². The Labute approximate surface area is 187 Å². The fourth-order valence-electron chi connectivity index (χ4n) is 3.89. The zero-order chi connectivity index (χ0) is 22.3. The number of carbonyl (C=O) groups excluding carboxylic acids is 2. The summed E-state index contributed by atoms with van der Waals surface area (Å²) in [5.41, 5.74) is 2.09. The van der Waals surface area contributed by atoms with Gasteiger partial charge in [-0.2, -0.15) is 0 Å². The van der Waals surface area contributed by atoms with Crippen LogP contribution in [0.3, 0.4) is 0 Å². The monoisotopic (exact) mass is 433 g/mol. The van der Waals surface area contributed by atoms with Crippen LogP contribution in [-0.2, 0) is 11.2 Å². The largest absolute Gasteiger partial charge is 0.497 e. The number of furan rings is 1. The van der Waals surface area contributed by atoms with Crippen molar-refractivity contribution >= 4 is 17.5 Å². The lowest BCUT2D eigenvalue weighted by Crippen LogP contribution is -2.55. The number of amides is 2. The molecule has 2 amide bonds. The van der Waals surface area contributed by atoms with Crippen LogP contribution in [-0.4, -0.2) is 56.0 Å². The molecule has 166 valence electrons. The molecule has 1 aliphatic rings. The minimum atomic E-state index is -0.664. The fraction of sp³-hybridized carbons (Fsp3) is 0.280. The summed E-state index contributed by atoms with van der Waals surface area (Å²) in [5.74, 6) is 0.545. The molecule has 2 heterocycles. The maximum absolute atomic E-state index is 13.4. The van der Waals surface area contributed by atoms with Crippen molar-refractivity contribution in [2.45, 2.75) is 12.5 Å². The van der Waals surface area contributed by atoms with Crippen LogP contribution in [0.4, 0.5) is 5.69 Å². The molecule has 7 nitrogen and oxygen atoms in total. The number of ether oxygens (including phenoxy) is 1. The van der Waals surface area contributed by atoms with Crippen molar-refractivity contribution in [2.24, 2.45) is 0 Å². The van der Waals surface area contributed by atoms with Gasteiger partial charge in [0.15, 0.2) is 5.76 Å². The van der Waals surface area contributed by atoms with E-state index in [4.69, 9.17) is 9.15 Å². The molecule has 0 aliphatic carbocycles. The van der Waals surface area contributed by atoms with Crippen LogP contribution in [0.25, 0.3) is 0 Å². The molecule has 0 bridgehead atoms. The first-order valence-electron chi connectivity index (χ1n) is 10.7. The number of rotatable bonds is 7. The van der Waals surface area contributed by atoms with E-state index in [1.54, 1.807) is 19.2 Å². The predicted octanol–water partition coefficient (Wildman–Crippen LogP) is 2.98. The number of carbonyl (C=O) groups is 2. The van der Waals surface area contributed by atoms with Gasteiger partial charge in [-0.1, -0.05) is 30.3 Å². The van der Waals surface area contributed by atoms with Crippen LogP contribution in [0, 0.1) is 0 Å². The third-order valence-electron chi connectivity index (χ3n) is 5.66. The van der Waals surface area contributed by atoms with Crippen molar-refractivity contribution in [1.29, 1.82) is 0 Å². The molecule has 1 aromatic heterocycles. The van der Waals surface area contributed by atoms with Gasteiger partial charge in [-0.3, -0.25) is 9.59 Å². The van der Waals surface area contributed by atoms with Gasteiger partial charge < -0.3 is 24.3 Å². The molecule has 1 N–H and O–H groups in total. The standard InChI is InChI=1S/C25H27N3O4/c1-31-21-11-9-20(10-12-21)27-13-15-28(16-14-27)25(30)22(18-19-6-3-2-4-7-19)26-24(29)23-8-5-17-32-23/h2-12,17,22H,13-16,18H2,1H3,(H,26,29). The van der Waals surface area contributed by atoms with Crippen molar-refractivity contribution in [2.75, 3.05) is 38.2 Å². The second-order valence-electron chi connectivity index (χ2n) is 7.70. The highest BCUT2D eigenvalue weighted by molar-refractivity contribution is 5.95. The van der Waals surface area contributed by atoms with E-state index in [1.165, 1.54) is 6.26 Å². The average molecular weight is 434 g/mol. The molecule has 32 heavy (non-hydrogen) atoms. The van der Waals surface area contributed by atoms with E-state index < -0.39 is 6.04 Å². The Bertz CT molecular complexity index is 1010. The summed E-state index contributed by atoms with van der Waals surface area (Å²) in [5, 5.41) is 2.87. The smallest absolute Gasteiger partial charge is 0.287 e. The van der Waals surface area contributed by atoms with E-state index in [9.17, 15) is 9.59 Å². The minimum Gasteiger partial charge on any atom is -0.497 e. The lowest BCUT2D eigenvalue weighted by Gasteiger charge is -2.37. The SMILES string of the molecule is COc1ccc(N2CCN(C(=O)C(Cc3ccccc3)NC(=O)c3ccco3)CC2)cc1. The number of hydrogen-bond acceptors (Lipinski definition) is 5. The van der Waals surface area contributed by atoms with Gasteiger partial charge >= 0.3 is 0 Å². The molecule has 1 fully saturated rings. The highest BCUT2D eigenvalue weighted by atomic mass is 16.5. The molecule has 0 saturated carbocycles. The maximum Gasteiger partial charge on any atom is 0.287 e. The van der Waals surface area contributed by atoms with E-state index in [0.717, 1.165) is 30.1 Å². The quantitative estimate of drug-likeness (QED) is 0.620. The summed E-state index contributed by atoms with van der Waals surface area (Å²) in [7, 11) is 1.65. The van der Waals surface area contributed by atoms with E-state index >= 15 is 0 Å². The fourth-order valence-corrected chi connectivity index (χ4v) is 3.89. The Balaban J connectivity index is 1.42. The molecular weight excluding hydrogens is 406 g/mol. The van der Waals surface area contributed by atoms with Gasteiger partial charge in [-0.15, -0.1) is 0 Å². The number of nitrogens with zero attached hydrogens (tertiary/aromatic N) is 2. The van der Waals surface area contributed by atoms with Gasteiger partial charge in [0.2, 0.25) is 5.91 Å². The third-order valence-corrected chi connectivity index (χ3v) is 5.66. The molecule has 1 atom stereocenters. The Morgan fingerprint density at radius 3 is 2.31 bits per heavy atom. The molecule has 4 rings (SSSR count). The summed E-state index contributed by atoms with van der Waals surface area (Å²) in [6.07, 6.45) is 1.87. The van der Waals surface area contributed by atoms with Gasteiger partial charge in [0, 0.05) is 38.3 Å². The Morgan fingerprint density at radius 2 is 1.69 bits per heavy atom. The van der Waals surface area contributed by atoms with Crippen LogP contribution in [0.15, 0.2) is 77.4 Å². The van der Waals surface area contributed by atoms with Crippen molar-refractivity contribution in [3.8, 4) is 5.75 Å². The molecule has 1 saturated heterocycles. The summed E-state index contributed by atoms with van der Waals surface area (Å²) in [6.45, 7) is 2.63. The maximum atomic E-state index is 13.4. The molecule has 1 unspecified atom stereocenters. The third kappa shape index (κ3) is 5.11. The lowest BCUT2D eigenvalue weighted by atomic mass is 10.0. The normalized spacial score (nSPS) is 14.7. The van der Waals surface area contributed by atoms with Crippen molar-refractivity contribution in [3.63, 3.8) is 0 Å². The number of hydrogen-bond donors (Lipinski definition) is 1. The molecule has 0 spiro atoms. The molecule has 2 aromatic carbocycles. The van der Waals surface area contributed by atoms with E-state index in [2.05, 4.69) is 10.2 Å². The first kappa shape index (κ1) is 21.5. The first-order valence-corrected chi connectivity index (χ1v) is 10.7. The van der Waals surface area contributed by atoms with Crippen LogP contribution in [0.5, 0.6) is 5.75 Å². The highest BCUT2D eigenvalue weighted by Crippen LogP contribution is 2.21. The van der Waals surface area contributed by atoms with Crippen LogP contribution < -0.4 is 15.0 Å². The summed E-state index contributed by atoms with van der Waals surface area (Å²) in [6, 6.07) is 20.2. The van der Waals surface area contributed by atoms with E-state index in [1.807, 2.05) is 59.5 Å². The summed E-state index contributed by atoms with van der Waals surface area (Å²) < 4.78 is 10.4. The number of benzene rings is 2. The Kier molecular flexibility index (Phi) is 6.75. The number of nitrogens with one attached hydrogen (secondary N) is 1. The van der Waals surface area contributed by atoms with E-state index in [0.29, 0.717) is 19.5 Å². The van der Waals surface area contributed by atoms with E-state index in [-0.39, 0.29) is 17.6 Å². The number of piperazine rings is 1. The molecule has 1 aliphatic heterocycles. The Morgan fingerprint density at radius 1 is 0.969 bits per heavy atom. The topological polar surface area (TPSA) is 75.0 Å². The van der Waals surface area contributed by atoms with Crippen molar-refractivity contribution in [3.05, 3.63) is 84.3 Å². The summed E-state index contributed by atoms with van der Waals surface area (Å²) in [4.78, 5) is 30.0. The average Bonchev–Trinajstić information content (AvgIpc) is 3.39. The minimum absolute atomic E-state index is 0.0804. The molecule has 3 aromatic rings. The predicted molar refractivity (Wildman–Crippen MR) is 122 cm³/mol. The summed E-state index contributed by atoms with van der Waals surface area (Å²) >= 11 is 0. The second-order valence-corrected chi connectivity index (χ2v) is 7.70. The zero-order valence-corrected chi connectivity index (χ0v) is 18.1. The lowest BCUT2D eigenvalue weighted by molar-refractivity contribution is -0.133. The van der Waals surface area contributed by atoms with Crippen LogP contribution >= 0.6 is 0 Å². The van der Waals surface area contributed by atoms with Gasteiger partial charge in [-0.05, 0) is 42.0 Å².